The van der Waals surface area contributed by atoms with Gasteiger partial charge in [-0.2, -0.15) is 5.26 Å². The van der Waals surface area contributed by atoms with Crippen molar-refractivity contribution in [1.82, 2.24) is 4.98 Å². The third-order valence-corrected chi connectivity index (χ3v) is 2.56. The summed E-state index contributed by atoms with van der Waals surface area (Å²) in [7, 11) is 0. The van der Waals surface area contributed by atoms with E-state index in [9.17, 15) is 4.79 Å². The van der Waals surface area contributed by atoms with Crippen LogP contribution in [0.3, 0.4) is 0 Å². The van der Waals surface area contributed by atoms with E-state index in [0.717, 1.165) is 0 Å². The van der Waals surface area contributed by atoms with Crippen LogP contribution >= 0.6 is 0 Å². The highest BCUT2D eigenvalue weighted by Crippen LogP contribution is 2.21. The first-order chi connectivity index (χ1) is 9.56. The number of carbonyl (C=O) groups is 1. The highest BCUT2D eigenvalue weighted by atomic mass is 16.5. The fraction of sp³-hybridized carbons (Fsp3) is 0.133. The highest BCUT2D eigenvalue weighted by Gasteiger charge is 2.04. The Morgan fingerprint density at radius 2 is 2.05 bits per heavy atom. The molecule has 0 unspecified atom stereocenters. The second kappa shape index (κ2) is 5.85. The summed E-state index contributed by atoms with van der Waals surface area (Å²) in [6, 6.07) is 12.0. The van der Waals surface area contributed by atoms with Crippen molar-refractivity contribution in [3.63, 3.8) is 0 Å². The van der Waals surface area contributed by atoms with Crippen LogP contribution in [-0.2, 0) is 11.2 Å². The van der Waals surface area contributed by atoms with Gasteiger partial charge in [0.1, 0.15) is 5.75 Å². The van der Waals surface area contributed by atoms with Crippen LogP contribution in [0.5, 0.6) is 11.6 Å². The molecule has 0 saturated carbocycles. The van der Waals surface area contributed by atoms with Gasteiger partial charge in [-0.15, -0.1) is 0 Å². The smallest absolute Gasteiger partial charge is 0.307 e. The Morgan fingerprint density at radius 1 is 1.35 bits per heavy atom. The summed E-state index contributed by atoms with van der Waals surface area (Å²) >= 11 is 0. The molecule has 0 saturated heterocycles. The second-order valence-corrected chi connectivity index (χ2v) is 4.26. The molecule has 1 N–H and O–H groups in total. The lowest BCUT2D eigenvalue weighted by molar-refractivity contribution is -0.136. The number of hydrogen-bond acceptors (Lipinski definition) is 4. The van der Waals surface area contributed by atoms with E-state index in [1.165, 1.54) is 0 Å². The standard InChI is InChI=1S/C15H12N2O3/c1-10-6-12(9-16)7-14(17-10)20-13-4-2-11(3-5-13)8-15(18)19/h2-7H,8H2,1H3,(H,18,19). The van der Waals surface area contributed by atoms with Crippen LogP contribution in [0.25, 0.3) is 0 Å². The average molecular weight is 268 g/mol. The van der Waals surface area contributed by atoms with Gasteiger partial charge in [0.05, 0.1) is 18.1 Å². The number of benzene rings is 1. The molecule has 20 heavy (non-hydrogen) atoms. The van der Waals surface area contributed by atoms with Crippen molar-refractivity contribution in [3.05, 3.63) is 53.2 Å². The maximum Gasteiger partial charge on any atom is 0.307 e. The minimum atomic E-state index is -0.877. The Labute approximate surface area is 116 Å². The normalized spacial score (nSPS) is 9.80. The molecule has 0 aliphatic heterocycles. The Morgan fingerprint density at radius 3 is 2.65 bits per heavy atom. The fourth-order valence-electron chi connectivity index (χ4n) is 1.73. The molecule has 0 amide bonds. The third-order valence-electron chi connectivity index (χ3n) is 2.56. The van der Waals surface area contributed by atoms with E-state index >= 15 is 0 Å². The van der Waals surface area contributed by atoms with Gasteiger partial charge in [-0.1, -0.05) is 12.1 Å². The number of hydrogen-bond donors (Lipinski definition) is 1. The Kier molecular flexibility index (Phi) is 3.96. The minimum absolute atomic E-state index is 0.0262. The summed E-state index contributed by atoms with van der Waals surface area (Å²) in [5.41, 5.74) is 1.87. The highest BCUT2D eigenvalue weighted by molar-refractivity contribution is 5.70. The summed E-state index contributed by atoms with van der Waals surface area (Å²) in [6.07, 6.45) is -0.0262. The Bertz CT molecular complexity index is 673. The minimum Gasteiger partial charge on any atom is -0.481 e. The van der Waals surface area contributed by atoms with E-state index in [4.69, 9.17) is 15.1 Å². The number of aliphatic carboxylic acids is 1. The number of aromatic nitrogens is 1. The van der Waals surface area contributed by atoms with Crippen molar-refractivity contribution in [2.75, 3.05) is 0 Å². The lowest BCUT2D eigenvalue weighted by Gasteiger charge is -2.06. The van der Waals surface area contributed by atoms with Gasteiger partial charge in [-0.3, -0.25) is 4.79 Å². The van der Waals surface area contributed by atoms with Gasteiger partial charge in [-0.05, 0) is 30.7 Å². The molecular weight excluding hydrogens is 256 g/mol. The van der Waals surface area contributed by atoms with Crippen LogP contribution in [0.4, 0.5) is 0 Å². The zero-order valence-electron chi connectivity index (χ0n) is 10.8. The number of aryl methyl sites for hydroxylation is 1. The predicted octanol–water partition coefficient (Wildman–Crippen LogP) is 2.68. The number of carboxylic acid groups (broad SMARTS) is 1. The number of nitrogens with zero attached hydrogens (tertiary/aromatic N) is 2. The molecule has 0 bridgehead atoms. The summed E-state index contributed by atoms with van der Waals surface area (Å²) in [5.74, 6) is 0.00587. The molecule has 1 aromatic heterocycles. The molecule has 0 atom stereocenters. The molecule has 0 fully saturated rings. The van der Waals surface area contributed by atoms with Crippen LogP contribution in [0, 0.1) is 18.3 Å². The molecule has 0 radical (unpaired) electrons. The number of ether oxygens (including phenoxy) is 1. The first-order valence-corrected chi connectivity index (χ1v) is 5.94. The van der Waals surface area contributed by atoms with E-state index < -0.39 is 5.97 Å². The van der Waals surface area contributed by atoms with Crippen LogP contribution in [-0.4, -0.2) is 16.1 Å². The summed E-state index contributed by atoms with van der Waals surface area (Å²) < 4.78 is 5.55. The molecule has 0 spiro atoms. The van der Waals surface area contributed by atoms with Crippen LogP contribution in [0.2, 0.25) is 0 Å². The predicted molar refractivity (Wildman–Crippen MR) is 71.5 cm³/mol. The number of nitriles is 1. The van der Waals surface area contributed by atoms with Crippen molar-refractivity contribution in [2.24, 2.45) is 0 Å². The first-order valence-electron chi connectivity index (χ1n) is 5.94. The van der Waals surface area contributed by atoms with E-state index in [2.05, 4.69) is 4.98 Å². The van der Waals surface area contributed by atoms with Gasteiger partial charge in [0.2, 0.25) is 5.88 Å². The molecule has 0 aliphatic rings. The van der Waals surface area contributed by atoms with Crippen molar-refractivity contribution >= 4 is 5.97 Å². The Balaban J connectivity index is 2.16. The lowest BCUT2D eigenvalue weighted by Crippen LogP contribution is -1.99. The number of rotatable bonds is 4. The molecule has 0 aliphatic carbocycles. The maximum atomic E-state index is 10.6. The van der Waals surface area contributed by atoms with Crippen molar-refractivity contribution in [3.8, 4) is 17.7 Å². The summed E-state index contributed by atoms with van der Waals surface area (Å²) in [6.45, 7) is 1.78. The maximum absolute atomic E-state index is 10.6. The second-order valence-electron chi connectivity index (χ2n) is 4.26. The lowest BCUT2D eigenvalue weighted by atomic mass is 10.1. The molecule has 1 aromatic carbocycles. The first kappa shape index (κ1) is 13.6. The van der Waals surface area contributed by atoms with Gasteiger partial charge in [-0.25, -0.2) is 4.98 Å². The van der Waals surface area contributed by atoms with Crippen molar-refractivity contribution in [2.45, 2.75) is 13.3 Å². The van der Waals surface area contributed by atoms with Gasteiger partial charge < -0.3 is 9.84 Å². The van der Waals surface area contributed by atoms with Crippen molar-refractivity contribution < 1.29 is 14.6 Å². The molecule has 5 nitrogen and oxygen atoms in total. The van der Waals surface area contributed by atoms with Gasteiger partial charge >= 0.3 is 5.97 Å². The monoisotopic (exact) mass is 268 g/mol. The molecular formula is C15H12N2O3. The zero-order valence-corrected chi connectivity index (χ0v) is 10.8. The average Bonchev–Trinajstić information content (AvgIpc) is 2.39. The van der Waals surface area contributed by atoms with E-state index in [1.807, 2.05) is 6.07 Å². The van der Waals surface area contributed by atoms with E-state index in [-0.39, 0.29) is 6.42 Å². The van der Waals surface area contributed by atoms with Crippen LogP contribution in [0.1, 0.15) is 16.8 Å². The van der Waals surface area contributed by atoms with Gasteiger partial charge in [0.15, 0.2) is 0 Å². The topological polar surface area (TPSA) is 83.2 Å². The largest absolute Gasteiger partial charge is 0.481 e. The van der Waals surface area contributed by atoms with Gasteiger partial charge in [0.25, 0.3) is 0 Å². The number of carboxylic acids is 1. The summed E-state index contributed by atoms with van der Waals surface area (Å²) in [5, 5.41) is 17.6. The number of pyridine rings is 1. The van der Waals surface area contributed by atoms with E-state index in [0.29, 0.717) is 28.5 Å². The SMILES string of the molecule is Cc1cc(C#N)cc(Oc2ccc(CC(=O)O)cc2)n1. The summed E-state index contributed by atoms with van der Waals surface area (Å²) in [4.78, 5) is 14.8. The molecule has 100 valence electrons. The third kappa shape index (κ3) is 3.56. The van der Waals surface area contributed by atoms with Crippen LogP contribution < -0.4 is 4.74 Å². The van der Waals surface area contributed by atoms with E-state index in [1.54, 1.807) is 43.3 Å². The van der Waals surface area contributed by atoms with Crippen LogP contribution in [0.15, 0.2) is 36.4 Å². The van der Waals surface area contributed by atoms with Gasteiger partial charge in [0, 0.05) is 11.8 Å². The molecule has 2 rings (SSSR count). The molecule has 1 heterocycles. The fourth-order valence-corrected chi connectivity index (χ4v) is 1.73. The zero-order chi connectivity index (χ0) is 14.5. The van der Waals surface area contributed by atoms with Crippen molar-refractivity contribution in [1.29, 1.82) is 5.26 Å². The molecule has 2 aromatic rings. The molecule has 5 heteroatoms. The Hall–Kier alpha value is -2.87. The quantitative estimate of drug-likeness (QED) is 0.921.